The molecule has 4 bridgehead atoms. The highest BCUT2D eigenvalue weighted by Gasteiger charge is 2.78. The van der Waals surface area contributed by atoms with Crippen molar-refractivity contribution in [2.75, 3.05) is 7.11 Å². The molecule has 0 N–H and O–H groups in total. The maximum Gasteiger partial charge on any atom is 0.379 e. The monoisotopic (exact) mass is 652 g/mol. The summed E-state index contributed by atoms with van der Waals surface area (Å²) >= 11 is 0. The molecule has 0 unspecified atom stereocenters. The van der Waals surface area contributed by atoms with Crippen molar-refractivity contribution < 1.29 is 52.0 Å². The van der Waals surface area contributed by atoms with Gasteiger partial charge in [-0.2, -0.15) is 0 Å². The van der Waals surface area contributed by atoms with Crippen molar-refractivity contribution in [2.45, 2.75) is 110 Å². The highest BCUT2D eigenvalue weighted by Crippen LogP contribution is 2.67. The van der Waals surface area contributed by atoms with Crippen LogP contribution in [-0.2, 0) is 38.1 Å². The summed E-state index contributed by atoms with van der Waals surface area (Å²) in [5, 5.41) is 0.435. The SMILES string of the molecule is COc1cc2ccc3c(c2oc1=O)[C@@H](OC(=O)[C@@]12CC[C@](C)(C(=O)O1)C2(C)C)[C@@H](OC(=O)[C@@]12CC[C@](C)(C(=O)O1)C2(C)C)C(C)(C)O3. The Hall–Kier alpha value is -4.09. The summed E-state index contributed by atoms with van der Waals surface area (Å²) in [7, 11) is 1.34. The third kappa shape index (κ3) is 3.51. The molecule has 3 aliphatic heterocycles. The van der Waals surface area contributed by atoms with Gasteiger partial charge in [0.25, 0.3) is 0 Å². The number of hydrogen-bond donors (Lipinski definition) is 0. The zero-order valence-corrected chi connectivity index (χ0v) is 28.1. The quantitative estimate of drug-likeness (QED) is 0.250. The minimum Gasteiger partial charge on any atom is -0.490 e. The molecule has 12 nitrogen and oxygen atoms in total. The number of esters is 4. The van der Waals surface area contributed by atoms with Gasteiger partial charge in [-0.05, 0) is 71.6 Å². The van der Waals surface area contributed by atoms with Gasteiger partial charge in [0, 0.05) is 16.2 Å². The highest BCUT2D eigenvalue weighted by atomic mass is 16.7. The van der Waals surface area contributed by atoms with Crippen LogP contribution in [0.1, 0.15) is 92.7 Å². The molecule has 2 saturated heterocycles. The molecule has 2 aromatic rings. The second kappa shape index (κ2) is 9.08. The van der Waals surface area contributed by atoms with E-state index in [1.54, 1.807) is 53.7 Å². The van der Waals surface area contributed by atoms with E-state index >= 15 is 0 Å². The van der Waals surface area contributed by atoms with E-state index in [0.717, 1.165) is 0 Å². The Balaban J connectivity index is 1.37. The van der Waals surface area contributed by atoms with Crippen molar-refractivity contribution in [1.82, 2.24) is 0 Å². The molecule has 2 saturated carbocycles. The van der Waals surface area contributed by atoms with Crippen molar-refractivity contribution in [1.29, 1.82) is 0 Å². The summed E-state index contributed by atoms with van der Waals surface area (Å²) in [5.74, 6) is -2.39. The number of hydrogen-bond acceptors (Lipinski definition) is 12. The molecule has 0 radical (unpaired) electrons. The molecule has 6 atom stereocenters. The van der Waals surface area contributed by atoms with Gasteiger partial charge in [0.2, 0.25) is 17.0 Å². The van der Waals surface area contributed by atoms with Crippen LogP contribution >= 0.6 is 0 Å². The molecule has 0 amide bonds. The topological polar surface area (TPSA) is 154 Å². The Morgan fingerprint density at radius 2 is 1.28 bits per heavy atom. The molecule has 2 aliphatic carbocycles. The lowest BCUT2D eigenvalue weighted by atomic mass is 9.66. The van der Waals surface area contributed by atoms with Crippen molar-refractivity contribution in [3.8, 4) is 11.5 Å². The standard InChI is InChI=1S/C35H40O12/c1-29(2)23(44-28(40)35-15-13-33(8,26(38)47-35)31(35,5)6)22(43-27(39)34-14-12-32(7,25(37)46-34)30(34,3)4)20-18(45-29)11-10-17-16-19(41-9)24(36)42-21(17)20/h10-11,16,22-23H,12-15H2,1-9H3/t22-,23-,32-,33-,34-,35-/m1/s1. The van der Waals surface area contributed by atoms with E-state index in [-0.39, 0.29) is 35.5 Å². The van der Waals surface area contributed by atoms with Crippen LogP contribution in [0, 0.1) is 21.7 Å². The third-order valence-corrected chi connectivity index (χ3v) is 13.0. The maximum atomic E-state index is 14.5. The average molecular weight is 653 g/mol. The molecular weight excluding hydrogens is 612 g/mol. The molecule has 47 heavy (non-hydrogen) atoms. The summed E-state index contributed by atoms with van der Waals surface area (Å²) in [6.45, 7) is 14.1. The Labute approximate surface area is 271 Å². The first-order valence-electron chi connectivity index (χ1n) is 16.0. The van der Waals surface area contributed by atoms with Crippen LogP contribution in [-0.4, -0.2) is 53.9 Å². The fourth-order valence-electron chi connectivity index (χ4n) is 8.68. The Bertz CT molecular complexity index is 1850. The van der Waals surface area contributed by atoms with Crippen molar-refractivity contribution in [3.63, 3.8) is 0 Å². The first-order chi connectivity index (χ1) is 21.7. The van der Waals surface area contributed by atoms with Crippen molar-refractivity contribution in [2.24, 2.45) is 21.7 Å². The normalized spacial score (nSPS) is 36.7. The Morgan fingerprint density at radius 3 is 1.74 bits per heavy atom. The van der Waals surface area contributed by atoms with E-state index in [4.69, 9.17) is 32.8 Å². The molecule has 5 aliphatic rings. The first kappa shape index (κ1) is 31.5. The summed E-state index contributed by atoms with van der Waals surface area (Å²) in [5.41, 5.74) is -8.75. The van der Waals surface area contributed by atoms with Gasteiger partial charge in [-0.3, -0.25) is 9.59 Å². The van der Waals surface area contributed by atoms with Crippen LogP contribution in [0.3, 0.4) is 0 Å². The lowest BCUT2D eigenvalue weighted by Gasteiger charge is -2.45. The molecule has 4 fully saturated rings. The lowest BCUT2D eigenvalue weighted by molar-refractivity contribution is -0.217. The van der Waals surface area contributed by atoms with E-state index in [9.17, 15) is 24.0 Å². The number of ether oxygens (including phenoxy) is 6. The molecule has 1 aromatic carbocycles. The van der Waals surface area contributed by atoms with Crippen molar-refractivity contribution in [3.05, 3.63) is 34.2 Å². The van der Waals surface area contributed by atoms with E-state index in [1.807, 2.05) is 13.8 Å². The van der Waals surface area contributed by atoms with Crippen LogP contribution < -0.4 is 15.1 Å². The molecule has 4 heterocycles. The molecule has 252 valence electrons. The zero-order chi connectivity index (χ0) is 34.3. The summed E-state index contributed by atoms with van der Waals surface area (Å²) < 4.78 is 41.6. The molecule has 7 rings (SSSR count). The molecular formula is C35H40O12. The van der Waals surface area contributed by atoms with Gasteiger partial charge in [-0.15, -0.1) is 0 Å². The number of rotatable bonds is 5. The number of methoxy groups -OCH3 is 1. The molecule has 12 heteroatoms. The van der Waals surface area contributed by atoms with Crippen LogP contribution in [0.25, 0.3) is 11.0 Å². The summed E-state index contributed by atoms with van der Waals surface area (Å²) in [6, 6.07) is 4.80. The summed E-state index contributed by atoms with van der Waals surface area (Å²) in [4.78, 5) is 67.8. The molecule has 0 spiro atoms. The van der Waals surface area contributed by atoms with Crippen LogP contribution in [0.5, 0.6) is 11.5 Å². The number of fused-ring (bicyclic) bond motifs is 7. The van der Waals surface area contributed by atoms with E-state index in [1.165, 1.54) is 13.2 Å². The third-order valence-electron chi connectivity index (χ3n) is 13.0. The van der Waals surface area contributed by atoms with Gasteiger partial charge >= 0.3 is 29.5 Å². The van der Waals surface area contributed by atoms with Crippen LogP contribution in [0.15, 0.2) is 27.4 Å². The fourth-order valence-corrected chi connectivity index (χ4v) is 8.68. The van der Waals surface area contributed by atoms with Crippen molar-refractivity contribution >= 4 is 34.8 Å². The van der Waals surface area contributed by atoms with E-state index in [0.29, 0.717) is 18.2 Å². The highest BCUT2D eigenvalue weighted by molar-refractivity contribution is 5.95. The largest absolute Gasteiger partial charge is 0.490 e. The van der Waals surface area contributed by atoms with Gasteiger partial charge in [0.05, 0.1) is 23.5 Å². The van der Waals surface area contributed by atoms with Gasteiger partial charge in [0.15, 0.2) is 12.2 Å². The lowest BCUT2D eigenvalue weighted by Crippen LogP contribution is -2.57. The Kier molecular flexibility index (Phi) is 6.08. The minimum atomic E-state index is -1.61. The summed E-state index contributed by atoms with van der Waals surface area (Å²) in [6.07, 6.45) is -1.39. The van der Waals surface area contributed by atoms with Gasteiger partial charge < -0.3 is 32.8 Å². The smallest absolute Gasteiger partial charge is 0.379 e. The second-order valence-corrected chi connectivity index (χ2v) is 15.7. The number of benzene rings is 1. The van der Waals surface area contributed by atoms with Crippen LogP contribution in [0.2, 0.25) is 0 Å². The number of carbonyl (C=O) groups is 4. The minimum absolute atomic E-state index is 0.0385. The van der Waals surface area contributed by atoms with Crippen LogP contribution in [0.4, 0.5) is 0 Å². The van der Waals surface area contributed by atoms with E-state index in [2.05, 4.69) is 0 Å². The second-order valence-electron chi connectivity index (χ2n) is 15.7. The van der Waals surface area contributed by atoms with Gasteiger partial charge in [0.1, 0.15) is 16.9 Å². The first-order valence-corrected chi connectivity index (χ1v) is 16.0. The predicted octanol–water partition coefficient (Wildman–Crippen LogP) is 4.71. The fraction of sp³-hybridized carbons (Fsp3) is 0.629. The van der Waals surface area contributed by atoms with E-state index < -0.39 is 80.2 Å². The predicted molar refractivity (Wildman–Crippen MR) is 162 cm³/mol. The van der Waals surface area contributed by atoms with Gasteiger partial charge in [-0.25, -0.2) is 14.4 Å². The zero-order valence-electron chi connectivity index (χ0n) is 28.1. The Morgan fingerprint density at radius 1 is 0.745 bits per heavy atom. The maximum absolute atomic E-state index is 14.5. The molecule has 1 aromatic heterocycles. The van der Waals surface area contributed by atoms with Gasteiger partial charge in [-0.1, -0.05) is 27.7 Å². The average Bonchev–Trinajstić information content (AvgIpc) is 3.46. The number of carbonyl (C=O) groups excluding carboxylic acids is 4.